The van der Waals surface area contributed by atoms with Gasteiger partial charge in [-0.25, -0.2) is 4.98 Å². The molecule has 0 spiro atoms. The van der Waals surface area contributed by atoms with Gasteiger partial charge in [0.25, 0.3) is 5.91 Å². The summed E-state index contributed by atoms with van der Waals surface area (Å²) in [5, 5.41) is 35.4. The van der Waals surface area contributed by atoms with E-state index in [9.17, 15) is 9.90 Å². The molecule has 3 heterocycles. The van der Waals surface area contributed by atoms with E-state index in [0.717, 1.165) is 17.6 Å². The topological polar surface area (TPSA) is 170 Å². The van der Waals surface area contributed by atoms with Crippen LogP contribution in [0.25, 0.3) is 10.3 Å². The van der Waals surface area contributed by atoms with E-state index in [4.69, 9.17) is 16.6 Å². The fourth-order valence-electron chi connectivity index (χ4n) is 2.62. The zero-order valence-electron chi connectivity index (χ0n) is 14.4. The van der Waals surface area contributed by atoms with Crippen LogP contribution >= 0.6 is 11.3 Å². The lowest BCUT2D eigenvalue weighted by Gasteiger charge is -2.07. The standard InChI is InChI=1S/C16H18N8O2S/c1-24-11(15(26)20-7-8-3-5-21-23-8)9(6-18)13-14(24)22-16(27-13)12(25)10(19)2-4-17/h2-6,12,18-19,25H,7,17H2,1H3,(H,20,26)(H,21,23)/b4-2-,18-6?,19-10?/t12-/m1/s1. The SMILES string of the molecule is Cn1c(C(=O)NCc2cc[nH]n2)c(C=N)c2sc([C@H](O)C(=N)/C=C\N)nc21. The van der Waals surface area contributed by atoms with Crippen LogP contribution in [0.5, 0.6) is 0 Å². The number of carbonyl (C=O) groups is 1. The second-order valence-electron chi connectivity index (χ2n) is 5.64. The summed E-state index contributed by atoms with van der Waals surface area (Å²) in [5.41, 5.74) is 7.01. The number of thiazole rings is 1. The number of aliphatic hydroxyl groups is 1. The number of aromatic nitrogens is 4. The van der Waals surface area contributed by atoms with Crippen molar-refractivity contribution in [2.45, 2.75) is 12.6 Å². The molecule has 140 valence electrons. The number of carbonyl (C=O) groups excluding carboxylic acids is 1. The van der Waals surface area contributed by atoms with Gasteiger partial charge in [-0.1, -0.05) is 0 Å². The Bertz CT molecular complexity index is 1030. The molecule has 0 aliphatic heterocycles. The molecule has 27 heavy (non-hydrogen) atoms. The Hall–Kier alpha value is -3.31. The number of H-pyrrole nitrogens is 1. The van der Waals surface area contributed by atoms with Gasteiger partial charge in [0.15, 0.2) is 5.65 Å². The highest BCUT2D eigenvalue weighted by molar-refractivity contribution is 7.19. The highest BCUT2D eigenvalue weighted by atomic mass is 32.1. The summed E-state index contributed by atoms with van der Waals surface area (Å²) in [6.45, 7) is 0.249. The highest BCUT2D eigenvalue weighted by Crippen LogP contribution is 2.32. The van der Waals surface area contributed by atoms with Crippen LogP contribution in [0.1, 0.15) is 32.9 Å². The second-order valence-corrected chi connectivity index (χ2v) is 6.67. The van der Waals surface area contributed by atoms with Crippen molar-refractivity contribution in [3.8, 4) is 0 Å². The molecule has 7 N–H and O–H groups in total. The van der Waals surface area contributed by atoms with E-state index in [0.29, 0.717) is 32.3 Å². The summed E-state index contributed by atoms with van der Waals surface area (Å²) >= 11 is 1.13. The summed E-state index contributed by atoms with van der Waals surface area (Å²) in [6, 6.07) is 1.75. The number of aryl methyl sites for hydroxylation is 1. The van der Waals surface area contributed by atoms with E-state index in [1.807, 2.05) is 0 Å². The maximum absolute atomic E-state index is 12.6. The van der Waals surface area contributed by atoms with Gasteiger partial charge in [0.1, 0.15) is 16.8 Å². The van der Waals surface area contributed by atoms with E-state index < -0.39 is 6.10 Å². The van der Waals surface area contributed by atoms with E-state index in [2.05, 4.69) is 20.5 Å². The number of nitrogens with two attached hydrogens (primary N) is 1. The quantitative estimate of drug-likeness (QED) is 0.330. The van der Waals surface area contributed by atoms with Crippen molar-refractivity contribution in [1.29, 1.82) is 10.8 Å². The van der Waals surface area contributed by atoms with Gasteiger partial charge < -0.3 is 31.5 Å². The lowest BCUT2D eigenvalue weighted by molar-refractivity contribution is 0.0942. The van der Waals surface area contributed by atoms with Crippen LogP contribution in [0.15, 0.2) is 24.5 Å². The van der Waals surface area contributed by atoms with Crippen LogP contribution in [0, 0.1) is 10.8 Å². The monoisotopic (exact) mass is 386 g/mol. The lowest BCUT2D eigenvalue weighted by atomic mass is 10.2. The molecule has 0 unspecified atom stereocenters. The van der Waals surface area contributed by atoms with E-state index in [1.165, 1.54) is 12.3 Å². The summed E-state index contributed by atoms with van der Waals surface area (Å²) < 4.78 is 2.17. The Morgan fingerprint density at radius 3 is 3.00 bits per heavy atom. The van der Waals surface area contributed by atoms with Crippen molar-refractivity contribution in [2.24, 2.45) is 12.8 Å². The Morgan fingerprint density at radius 1 is 1.59 bits per heavy atom. The molecule has 10 nitrogen and oxygen atoms in total. The molecule has 0 aliphatic carbocycles. The molecule has 0 saturated heterocycles. The van der Waals surface area contributed by atoms with Crippen LogP contribution in [-0.2, 0) is 13.6 Å². The average molecular weight is 386 g/mol. The molecule has 0 aromatic carbocycles. The number of aromatic amines is 1. The molecule has 1 amide bonds. The van der Waals surface area contributed by atoms with Crippen LogP contribution in [0.2, 0.25) is 0 Å². The van der Waals surface area contributed by atoms with Crippen LogP contribution in [0.3, 0.4) is 0 Å². The maximum atomic E-state index is 12.6. The number of amides is 1. The van der Waals surface area contributed by atoms with Gasteiger partial charge in [-0.3, -0.25) is 9.89 Å². The van der Waals surface area contributed by atoms with Crippen molar-refractivity contribution >= 4 is 39.5 Å². The fourth-order valence-corrected chi connectivity index (χ4v) is 3.74. The predicted octanol–water partition coefficient (Wildman–Crippen LogP) is 0.811. The number of nitrogens with one attached hydrogen (secondary N) is 4. The third-order valence-corrected chi connectivity index (χ3v) is 5.06. The molecule has 0 fully saturated rings. The molecular formula is C16H18N8O2S. The van der Waals surface area contributed by atoms with Crippen LogP contribution in [0.4, 0.5) is 0 Å². The molecular weight excluding hydrogens is 368 g/mol. The first-order valence-electron chi connectivity index (χ1n) is 7.89. The zero-order valence-corrected chi connectivity index (χ0v) is 15.2. The minimum atomic E-state index is -1.22. The Balaban J connectivity index is 1.94. The summed E-state index contributed by atoms with van der Waals surface area (Å²) in [5.74, 6) is -0.356. The van der Waals surface area contributed by atoms with Crippen LogP contribution in [-0.4, -0.2) is 42.7 Å². The Kier molecular flexibility index (Phi) is 5.14. The van der Waals surface area contributed by atoms with Crippen molar-refractivity contribution in [3.63, 3.8) is 0 Å². The Labute approximate surface area is 157 Å². The van der Waals surface area contributed by atoms with Gasteiger partial charge in [0.05, 0.1) is 22.7 Å². The second kappa shape index (κ2) is 7.51. The number of aliphatic hydroxyl groups excluding tert-OH is 1. The van der Waals surface area contributed by atoms with Crippen molar-refractivity contribution < 1.29 is 9.90 Å². The van der Waals surface area contributed by atoms with Crippen molar-refractivity contribution in [2.75, 3.05) is 0 Å². The summed E-state index contributed by atoms with van der Waals surface area (Å²) in [6.07, 6.45) is 3.98. The smallest absolute Gasteiger partial charge is 0.269 e. The highest BCUT2D eigenvalue weighted by Gasteiger charge is 2.25. The molecule has 3 aromatic rings. The lowest BCUT2D eigenvalue weighted by Crippen LogP contribution is -2.26. The zero-order chi connectivity index (χ0) is 19.6. The summed E-state index contributed by atoms with van der Waals surface area (Å²) in [7, 11) is 1.67. The third kappa shape index (κ3) is 3.37. The fraction of sp³-hybridized carbons (Fsp3) is 0.188. The van der Waals surface area contributed by atoms with Gasteiger partial charge >= 0.3 is 0 Å². The number of hydrogen-bond acceptors (Lipinski definition) is 8. The van der Waals surface area contributed by atoms with E-state index in [1.54, 1.807) is 23.9 Å². The molecule has 0 saturated carbocycles. The molecule has 11 heteroatoms. The van der Waals surface area contributed by atoms with Gasteiger partial charge in [-0.05, 0) is 18.3 Å². The predicted molar refractivity (Wildman–Crippen MR) is 102 cm³/mol. The average Bonchev–Trinajstić information content (AvgIpc) is 3.36. The first-order valence-corrected chi connectivity index (χ1v) is 8.70. The maximum Gasteiger partial charge on any atom is 0.269 e. The van der Waals surface area contributed by atoms with Gasteiger partial charge in [-0.2, -0.15) is 5.10 Å². The number of hydrogen-bond donors (Lipinski definition) is 6. The van der Waals surface area contributed by atoms with Crippen molar-refractivity contribution in [3.05, 3.63) is 46.5 Å². The number of fused-ring (bicyclic) bond motifs is 1. The minimum Gasteiger partial charge on any atom is -0.405 e. The molecule has 0 bridgehead atoms. The van der Waals surface area contributed by atoms with E-state index >= 15 is 0 Å². The normalized spacial score (nSPS) is 12.5. The molecule has 1 atom stereocenters. The van der Waals surface area contributed by atoms with Crippen molar-refractivity contribution in [1.82, 2.24) is 25.1 Å². The third-order valence-electron chi connectivity index (χ3n) is 3.93. The first kappa shape index (κ1) is 18.5. The van der Waals surface area contributed by atoms with Gasteiger partial charge in [0, 0.05) is 25.0 Å². The molecule has 3 rings (SSSR count). The van der Waals surface area contributed by atoms with Crippen LogP contribution < -0.4 is 11.1 Å². The minimum absolute atomic E-state index is 0.0927. The van der Waals surface area contributed by atoms with Gasteiger partial charge in [-0.15, -0.1) is 11.3 Å². The number of nitrogens with zero attached hydrogens (tertiary/aromatic N) is 3. The Morgan fingerprint density at radius 2 is 2.37 bits per heavy atom. The first-order chi connectivity index (χ1) is 13.0. The number of rotatable bonds is 7. The summed E-state index contributed by atoms with van der Waals surface area (Å²) in [4.78, 5) is 17.0. The molecule has 3 aromatic heterocycles. The molecule has 0 radical (unpaired) electrons. The van der Waals surface area contributed by atoms with Gasteiger partial charge in [0.2, 0.25) is 0 Å². The van der Waals surface area contributed by atoms with E-state index in [-0.39, 0.29) is 18.2 Å². The largest absolute Gasteiger partial charge is 0.405 e. The molecule has 0 aliphatic rings.